The van der Waals surface area contributed by atoms with E-state index < -0.39 is 56.9 Å². The lowest BCUT2D eigenvalue weighted by Gasteiger charge is -2.15. The van der Waals surface area contributed by atoms with Gasteiger partial charge in [0, 0.05) is 29.1 Å². The molecule has 1 fully saturated rings. The quantitative estimate of drug-likeness (QED) is 0.314. The van der Waals surface area contributed by atoms with Crippen LogP contribution >= 0.6 is 11.3 Å². The van der Waals surface area contributed by atoms with E-state index in [2.05, 4.69) is 15.3 Å². The number of halogens is 3. The summed E-state index contributed by atoms with van der Waals surface area (Å²) >= 11 is 1.03. The fourth-order valence-electron chi connectivity index (χ4n) is 4.02. The number of ketones is 1. The molecule has 210 valence electrons. The molecule has 4 rings (SSSR count). The average molecular weight is 605 g/mol. The van der Waals surface area contributed by atoms with Gasteiger partial charge in [0.05, 0.1) is 37.8 Å². The number of nitrogens with one attached hydrogen (secondary N) is 2. The van der Waals surface area contributed by atoms with Crippen molar-refractivity contribution >= 4 is 44.0 Å². The summed E-state index contributed by atoms with van der Waals surface area (Å²) < 4.78 is 82.8. The molecule has 0 radical (unpaired) electrons. The van der Waals surface area contributed by atoms with Crippen molar-refractivity contribution in [3.63, 3.8) is 0 Å². The number of carbonyl (C=O) groups is 1. The van der Waals surface area contributed by atoms with E-state index in [1.165, 1.54) is 37.8 Å². The monoisotopic (exact) mass is 604 g/mol. The zero-order valence-corrected chi connectivity index (χ0v) is 22.9. The molecule has 0 bridgehead atoms. The molecule has 0 spiro atoms. The summed E-state index contributed by atoms with van der Waals surface area (Å²) in [6, 6.07) is 5.10. The summed E-state index contributed by atoms with van der Waals surface area (Å²) in [6.07, 6.45) is -3.96. The lowest BCUT2D eigenvalue weighted by Crippen LogP contribution is -2.31. The topological polar surface area (TPSA) is 148 Å². The van der Waals surface area contributed by atoms with Crippen LogP contribution in [-0.2, 0) is 31.5 Å². The van der Waals surface area contributed by atoms with Crippen LogP contribution in [0.15, 0.2) is 52.6 Å². The van der Waals surface area contributed by atoms with Gasteiger partial charge in [-0.2, -0.15) is 26.3 Å². The number of carbonyl (C=O) groups excluding carboxylic acids is 1. The first-order valence-electron chi connectivity index (χ1n) is 11.4. The Labute approximate surface area is 228 Å². The van der Waals surface area contributed by atoms with E-state index in [9.17, 15) is 35.7 Å². The van der Waals surface area contributed by atoms with Crippen LogP contribution in [0, 0.1) is 6.92 Å². The Morgan fingerprint density at radius 1 is 1.26 bits per heavy atom. The first-order valence-corrected chi connectivity index (χ1v) is 14.8. The summed E-state index contributed by atoms with van der Waals surface area (Å²) in [5.41, 5.74) is -0.861. The lowest BCUT2D eigenvalue weighted by atomic mass is 10.1. The van der Waals surface area contributed by atoms with Crippen LogP contribution in [0.3, 0.4) is 0 Å². The van der Waals surface area contributed by atoms with Crippen molar-refractivity contribution in [1.29, 1.82) is 0 Å². The van der Waals surface area contributed by atoms with Gasteiger partial charge in [-0.25, -0.2) is 14.2 Å². The maximum atomic E-state index is 13.4. The van der Waals surface area contributed by atoms with Crippen molar-refractivity contribution in [3.8, 4) is 0 Å². The smallest absolute Gasteiger partial charge is 0.390 e. The highest BCUT2D eigenvalue weighted by Gasteiger charge is 2.37. The van der Waals surface area contributed by atoms with Gasteiger partial charge in [0.15, 0.2) is 0 Å². The van der Waals surface area contributed by atoms with Crippen molar-refractivity contribution in [1.82, 2.24) is 14.7 Å². The van der Waals surface area contributed by atoms with Crippen LogP contribution in [0.4, 0.5) is 19.0 Å². The molecule has 1 aromatic carbocycles. The first-order chi connectivity index (χ1) is 18.3. The molecule has 1 saturated carbocycles. The maximum absolute atomic E-state index is 13.4. The summed E-state index contributed by atoms with van der Waals surface area (Å²) in [7, 11) is -4.81. The molecule has 1 aliphatic rings. The van der Waals surface area contributed by atoms with E-state index in [1.807, 2.05) is 4.72 Å². The molecule has 0 amide bonds. The molecular weight excluding hydrogens is 581 g/mol. The van der Waals surface area contributed by atoms with Gasteiger partial charge < -0.3 is 10.4 Å². The lowest BCUT2D eigenvalue weighted by molar-refractivity contribution is -0.137. The number of rotatable bonds is 9. The first kappa shape index (κ1) is 29.2. The van der Waals surface area contributed by atoms with E-state index in [4.69, 9.17) is 4.18 Å². The van der Waals surface area contributed by atoms with Crippen LogP contribution in [0.2, 0.25) is 0 Å². The molecule has 16 heteroatoms. The van der Waals surface area contributed by atoms with E-state index >= 15 is 0 Å². The second-order valence-electron chi connectivity index (χ2n) is 8.61. The number of anilines is 1. The number of aryl methyl sites for hydroxylation is 1. The number of aromatic nitrogens is 2. The Morgan fingerprint density at radius 2 is 2.00 bits per heavy atom. The standard InChI is InChI=1S/C23H23F3N4O6S3/c1-12-20(38(33)15-5-3-4-13(6-15)23(24,25)26)9-19(37-12)21(32)16-10-28-11-29-22(16)30-14-7-17(31)18(8-14)36-39(34,35)27-2/h3-6,9-11,14,17-18,27,31H,7-8H2,1-2H3,(H,28,29,30)/t14-,17+,18-,38+/m1/s1. The number of hydrogen-bond donors (Lipinski definition) is 3. The van der Waals surface area contributed by atoms with Crippen LogP contribution in [0.25, 0.3) is 0 Å². The molecule has 2 aromatic heterocycles. The summed E-state index contributed by atoms with van der Waals surface area (Å²) in [5, 5.41) is 13.3. The minimum absolute atomic E-state index is 0.0491. The Morgan fingerprint density at radius 3 is 2.69 bits per heavy atom. The van der Waals surface area contributed by atoms with Gasteiger partial charge in [0.1, 0.15) is 18.2 Å². The van der Waals surface area contributed by atoms with Gasteiger partial charge in [0.25, 0.3) is 0 Å². The molecule has 4 atom stereocenters. The Balaban J connectivity index is 1.54. The van der Waals surface area contributed by atoms with Gasteiger partial charge in [-0.3, -0.25) is 8.98 Å². The van der Waals surface area contributed by atoms with Crippen LogP contribution in [0.1, 0.15) is 38.5 Å². The van der Waals surface area contributed by atoms with Gasteiger partial charge in [0.2, 0.25) is 5.78 Å². The average Bonchev–Trinajstić information content (AvgIpc) is 3.44. The van der Waals surface area contributed by atoms with Crippen LogP contribution < -0.4 is 10.0 Å². The number of alkyl halides is 3. The molecule has 1 aliphatic carbocycles. The number of aliphatic hydroxyl groups excluding tert-OH is 1. The normalized spacial score (nSPS) is 20.6. The predicted octanol–water partition coefficient (Wildman–Crippen LogP) is 3.05. The third-order valence-corrected chi connectivity index (χ3v) is 9.63. The van der Waals surface area contributed by atoms with Crippen molar-refractivity contribution in [2.45, 2.75) is 54.0 Å². The fourth-order valence-corrected chi connectivity index (χ4v) is 7.12. The van der Waals surface area contributed by atoms with E-state index in [-0.39, 0.29) is 38.9 Å². The third-order valence-electron chi connectivity index (χ3n) is 5.94. The van der Waals surface area contributed by atoms with Crippen molar-refractivity contribution in [3.05, 3.63) is 63.7 Å². The highest BCUT2D eigenvalue weighted by Crippen LogP contribution is 2.34. The van der Waals surface area contributed by atoms with Crippen LogP contribution in [0.5, 0.6) is 0 Å². The second kappa shape index (κ2) is 11.4. The molecule has 10 nitrogen and oxygen atoms in total. The zero-order valence-electron chi connectivity index (χ0n) is 20.4. The van der Waals surface area contributed by atoms with Gasteiger partial charge in [-0.05, 0) is 44.0 Å². The minimum Gasteiger partial charge on any atom is -0.390 e. The SMILES string of the molecule is CNS(=O)(=O)O[C@@H]1C[C@H](Nc2ncncc2C(=O)c2cc([S@@](=O)c3cccc(C(F)(F)F)c3)c(C)s2)C[C@@H]1O. The van der Waals surface area contributed by atoms with E-state index in [0.717, 1.165) is 23.5 Å². The number of thiophene rings is 1. The molecule has 39 heavy (non-hydrogen) atoms. The fraction of sp³-hybridized carbons (Fsp3) is 0.348. The Hall–Kier alpha value is -2.76. The third kappa shape index (κ3) is 6.70. The number of benzene rings is 1. The van der Waals surface area contributed by atoms with Crippen molar-refractivity contribution in [2.75, 3.05) is 12.4 Å². The van der Waals surface area contributed by atoms with Gasteiger partial charge >= 0.3 is 16.5 Å². The molecular formula is C23H23F3N4O6S3. The summed E-state index contributed by atoms with van der Waals surface area (Å²) in [6.45, 7) is 1.61. The Kier molecular flexibility index (Phi) is 8.53. The van der Waals surface area contributed by atoms with Gasteiger partial charge in [-0.15, -0.1) is 11.3 Å². The molecule has 2 heterocycles. The number of aliphatic hydroxyl groups is 1. The largest absolute Gasteiger partial charge is 0.416 e. The molecule has 3 aromatic rings. The molecule has 3 N–H and O–H groups in total. The molecule has 0 aliphatic heterocycles. The maximum Gasteiger partial charge on any atom is 0.416 e. The highest BCUT2D eigenvalue weighted by atomic mass is 32.2. The second-order valence-corrected chi connectivity index (χ2v) is 12.8. The van der Waals surface area contributed by atoms with E-state index in [0.29, 0.717) is 4.88 Å². The number of hydrogen-bond acceptors (Lipinski definition) is 10. The predicted molar refractivity (Wildman–Crippen MR) is 136 cm³/mol. The van der Waals surface area contributed by atoms with Crippen molar-refractivity contribution < 1.29 is 39.9 Å². The molecule has 0 saturated heterocycles. The molecule has 0 unspecified atom stereocenters. The zero-order chi connectivity index (χ0) is 28.5. The Bertz CT molecular complexity index is 1510. The van der Waals surface area contributed by atoms with E-state index in [1.54, 1.807) is 6.92 Å². The van der Waals surface area contributed by atoms with Crippen molar-refractivity contribution in [2.24, 2.45) is 0 Å². The van der Waals surface area contributed by atoms with Gasteiger partial charge in [-0.1, -0.05) is 6.07 Å². The summed E-state index contributed by atoms with van der Waals surface area (Å²) in [5.74, 6) is -0.376. The minimum atomic E-state index is -4.59. The highest BCUT2D eigenvalue weighted by molar-refractivity contribution is 7.85. The van der Waals surface area contributed by atoms with Crippen LogP contribution in [-0.4, -0.2) is 58.8 Å². The summed E-state index contributed by atoms with van der Waals surface area (Å²) in [4.78, 5) is 22.2. The number of nitrogens with zero attached hydrogens (tertiary/aromatic N) is 2.